The van der Waals surface area contributed by atoms with Crippen molar-refractivity contribution in [3.05, 3.63) is 65.5 Å². The van der Waals surface area contributed by atoms with Crippen LogP contribution in [0.1, 0.15) is 24.1 Å². The number of hydrogen-bond donors (Lipinski definition) is 1. The van der Waals surface area contributed by atoms with Crippen molar-refractivity contribution in [2.24, 2.45) is 0 Å². The van der Waals surface area contributed by atoms with Crippen LogP contribution >= 0.6 is 0 Å². The molecule has 0 heterocycles. The third kappa shape index (κ3) is 3.12. The highest BCUT2D eigenvalue weighted by Crippen LogP contribution is 2.30. The molecule has 0 amide bonds. The molecule has 0 saturated carbocycles. The van der Waals surface area contributed by atoms with Gasteiger partial charge in [-0.05, 0) is 30.3 Å². The predicted molar refractivity (Wildman–Crippen MR) is 74.9 cm³/mol. The Balaban J connectivity index is 2.47. The van der Waals surface area contributed by atoms with E-state index >= 15 is 0 Å². The fraction of sp³-hybridized carbons (Fsp3) is 0.250. The lowest BCUT2D eigenvalue weighted by molar-refractivity contribution is 0.402. The van der Waals surface area contributed by atoms with Gasteiger partial charge in [-0.1, -0.05) is 37.3 Å². The largest absolute Gasteiger partial charge is 0.496 e. The molecule has 100 valence electrons. The number of benzene rings is 2. The summed E-state index contributed by atoms with van der Waals surface area (Å²) in [4.78, 5) is 0. The minimum Gasteiger partial charge on any atom is -0.496 e. The highest BCUT2D eigenvalue weighted by atomic mass is 19.1. The predicted octanol–water partition coefficient (Wildman–Crippen LogP) is 3.53. The molecule has 2 nitrogen and oxygen atoms in total. The third-order valence-electron chi connectivity index (χ3n) is 3.04. The Morgan fingerprint density at radius 2 is 1.89 bits per heavy atom. The topological polar surface area (TPSA) is 21.3 Å². The van der Waals surface area contributed by atoms with Crippen molar-refractivity contribution >= 4 is 0 Å². The molecule has 0 bridgehead atoms. The average molecular weight is 259 g/mol. The molecule has 3 heteroatoms. The van der Waals surface area contributed by atoms with Crippen molar-refractivity contribution in [1.29, 1.82) is 0 Å². The summed E-state index contributed by atoms with van der Waals surface area (Å²) in [6.07, 6.45) is 0. The number of ether oxygens (including phenoxy) is 1. The first-order valence-corrected chi connectivity index (χ1v) is 6.38. The van der Waals surface area contributed by atoms with Gasteiger partial charge in [-0.25, -0.2) is 4.39 Å². The van der Waals surface area contributed by atoms with E-state index in [2.05, 4.69) is 5.32 Å². The van der Waals surface area contributed by atoms with Crippen LogP contribution in [0.4, 0.5) is 4.39 Å². The standard InChI is InChI=1S/C16H18FNO/c1-3-18-16(12-7-5-4-6-8-12)14-11-13(17)9-10-15(14)19-2/h4-11,16,18H,3H2,1-2H3. The number of hydrogen-bond acceptors (Lipinski definition) is 2. The van der Waals surface area contributed by atoms with Crippen LogP contribution in [-0.4, -0.2) is 13.7 Å². The molecular weight excluding hydrogens is 241 g/mol. The van der Waals surface area contributed by atoms with Crippen LogP contribution in [0.2, 0.25) is 0 Å². The molecule has 0 radical (unpaired) electrons. The SMILES string of the molecule is CCNC(c1ccccc1)c1cc(F)ccc1OC. The quantitative estimate of drug-likeness (QED) is 0.887. The van der Waals surface area contributed by atoms with Crippen LogP contribution in [0, 0.1) is 5.82 Å². The lowest BCUT2D eigenvalue weighted by Gasteiger charge is -2.21. The van der Waals surface area contributed by atoms with Gasteiger partial charge >= 0.3 is 0 Å². The number of halogens is 1. The summed E-state index contributed by atoms with van der Waals surface area (Å²) in [7, 11) is 1.60. The van der Waals surface area contributed by atoms with Crippen LogP contribution in [0.15, 0.2) is 48.5 Å². The molecule has 2 aromatic carbocycles. The first-order chi connectivity index (χ1) is 9.26. The molecule has 1 N–H and O–H groups in total. The van der Waals surface area contributed by atoms with Gasteiger partial charge in [0, 0.05) is 5.56 Å². The van der Waals surface area contributed by atoms with Crippen LogP contribution in [0.5, 0.6) is 5.75 Å². The van der Waals surface area contributed by atoms with Crippen molar-refractivity contribution < 1.29 is 9.13 Å². The third-order valence-corrected chi connectivity index (χ3v) is 3.04. The minimum atomic E-state index is -0.255. The summed E-state index contributed by atoms with van der Waals surface area (Å²) in [5, 5.41) is 3.37. The average Bonchev–Trinajstić information content (AvgIpc) is 2.45. The molecule has 0 aliphatic rings. The Morgan fingerprint density at radius 3 is 2.53 bits per heavy atom. The Kier molecular flexibility index (Phi) is 4.53. The van der Waals surface area contributed by atoms with Crippen LogP contribution in [0.25, 0.3) is 0 Å². The minimum absolute atomic E-state index is 0.0724. The lowest BCUT2D eigenvalue weighted by atomic mass is 9.97. The van der Waals surface area contributed by atoms with E-state index in [4.69, 9.17) is 4.74 Å². The zero-order valence-electron chi connectivity index (χ0n) is 11.2. The first-order valence-electron chi connectivity index (χ1n) is 6.38. The van der Waals surface area contributed by atoms with E-state index in [1.807, 2.05) is 37.3 Å². The second kappa shape index (κ2) is 6.34. The van der Waals surface area contributed by atoms with E-state index in [-0.39, 0.29) is 11.9 Å². The first kappa shape index (κ1) is 13.6. The van der Waals surface area contributed by atoms with Gasteiger partial charge < -0.3 is 10.1 Å². The van der Waals surface area contributed by atoms with Crippen molar-refractivity contribution in [2.45, 2.75) is 13.0 Å². The Hall–Kier alpha value is -1.87. The maximum Gasteiger partial charge on any atom is 0.124 e. The van der Waals surface area contributed by atoms with E-state index in [9.17, 15) is 4.39 Å². The molecule has 0 aliphatic heterocycles. The van der Waals surface area contributed by atoms with E-state index < -0.39 is 0 Å². The molecule has 0 aliphatic carbocycles. The normalized spacial score (nSPS) is 12.2. The van der Waals surface area contributed by atoms with Gasteiger partial charge in [0.25, 0.3) is 0 Å². The Morgan fingerprint density at radius 1 is 1.16 bits per heavy atom. The van der Waals surface area contributed by atoms with E-state index in [1.54, 1.807) is 13.2 Å². The second-order valence-corrected chi connectivity index (χ2v) is 4.29. The fourth-order valence-electron chi connectivity index (χ4n) is 2.19. The van der Waals surface area contributed by atoms with Gasteiger partial charge in [0.2, 0.25) is 0 Å². The Bertz CT molecular complexity index is 528. The molecular formula is C16H18FNO. The monoisotopic (exact) mass is 259 g/mol. The summed E-state index contributed by atoms with van der Waals surface area (Å²) in [5.74, 6) is 0.436. The maximum absolute atomic E-state index is 13.5. The van der Waals surface area contributed by atoms with Crippen molar-refractivity contribution in [1.82, 2.24) is 5.32 Å². The van der Waals surface area contributed by atoms with Gasteiger partial charge in [0.15, 0.2) is 0 Å². The van der Waals surface area contributed by atoms with Crippen molar-refractivity contribution in [3.8, 4) is 5.75 Å². The maximum atomic E-state index is 13.5. The van der Waals surface area contributed by atoms with Gasteiger partial charge in [-0.2, -0.15) is 0 Å². The zero-order valence-corrected chi connectivity index (χ0v) is 11.2. The second-order valence-electron chi connectivity index (χ2n) is 4.29. The molecule has 0 saturated heterocycles. The number of rotatable bonds is 5. The summed E-state index contributed by atoms with van der Waals surface area (Å²) < 4.78 is 18.9. The number of methoxy groups -OCH3 is 1. The van der Waals surface area contributed by atoms with E-state index in [0.29, 0.717) is 5.75 Å². The zero-order chi connectivity index (χ0) is 13.7. The van der Waals surface area contributed by atoms with Crippen molar-refractivity contribution in [2.75, 3.05) is 13.7 Å². The Labute approximate surface area is 113 Å². The molecule has 0 aromatic heterocycles. The van der Waals surface area contributed by atoms with Gasteiger partial charge in [0.05, 0.1) is 13.2 Å². The highest BCUT2D eigenvalue weighted by molar-refractivity contribution is 5.42. The molecule has 0 fully saturated rings. The molecule has 2 rings (SSSR count). The smallest absolute Gasteiger partial charge is 0.124 e. The fourth-order valence-corrected chi connectivity index (χ4v) is 2.19. The van der Waals surface area contributed by atoms with Crippen LogP contribution in [-0.2, 0) is 0 Å². The molecule has 19 heavy (non-hydrogen) atoms. The molecule has 2 aromatic rings. The van der Waals surface area contributed by atoms with Crippen LogP contribution < -0.4 is 10.1 Å². The van der Waals surface area contributed by atoms with Gasteiger partial charge in [-0.15, -0.1) is 0 Å². The molecule has 1 unspecified atom stereocenters. The highest BCUT2D eigenvalue weighted by Gasteiger charge is 2.17. The lowest BCUT2D eigenvalue weighted by Crippen LogP contribution is -2.22. The van der Waals surface area contributed by atoms with E-state index in [1.165, 1.54) is 12.1 Å². The van der Waals surface area contributed by atoms with Gasteiger partial charge in [-0.3, -0.25) is 0 Å². The molecule has 0 spiro atoms. The molecule has 1 atom stereocenters. The summed E-state index contributed by atoms with van der Waals surface area (Å²) >= 11 is 0. The summed E-state index contributed by atoms with van der Waals surface area (Å²) in [6, 6.07) is 14.5. The van der Waals surface area contributed by atoms with E-state index in [0.717, 1.165) is 17.7 Å². The summed E-state index contributed by atoms with van der Waals surface area (Å²) in [5.41, 5.74) is 1.91. The van der Waals surface area contributed by atoms with Crippen molar-refractivity contribution in [3.63, 3.8) is 0 Å². The van der Waals surface area contributed by atoms with Crippen LogP contribution in [0.3, 0.4) is 0 Å². The number of nitrogens with one attached hydrogen (secondary N) is 1. The van der Waals surface area contributed by atoms with Gasteiger partial charge in [0.1, 0.15) is 11.6 Å². The summed E-state index contributed by atoms with van der Waals surface area (Å²) in [6.45, 7) is 2.82.